The molecule has 0 radical (unpaired) electrons. The first-order chi connectivity index (χ1) is 17.1. The van der Waals surface area contributed by atoms with Crippen molar-refractivity contribution < 1.29 is 4.79 Å². The van der Waals surface area contributed by atoms with Crippen LogP contribution < -0.4 is 5.32 Å². The van der Waals surface area contributed by atoms with Crippen molar-refractivity contribution in [2.45, 2.75) is 76.0 Å². The quantitative estimate of drug-likeness (QED) is 0.547. The Kier molecular flexibility index (Phi) is 5.93. The fraction of sp³-hybridized carbons (Fsp3) is 0.419. The summed E-state index contributed by atoms with van der Waals surface area (Å²) in [7, 11) is 0. The smallest absolute Gasteiger partial charge is 0.254 e. The highest BCUT2D eigenvalue weighted by molar-refractivity contribution is 5.95. The van der Waals surface area contributed by atoms with Gasteiger partial charge in [0, 0.05) is 53.5 Å². The first-order valence-corrected chi connectivity index (χ1v) is 13.2. The van der Waals surface area contributed by atoms with Crippen LogP contribution in [0.1, 0.15) is 66.2 Å². The molecule has 4 nitrogen and oxygen atoms in total. The molecule has 35 heavy (non-hydrogen) atoms. The van der Waals surface area contributed by atoms with Gasteiger partial charge in [0.2, 0.25) is 0 Å². The standard InChI is InChI=1S/C31H35N3O/c1-31-21-27-26(19-23-12-6-3-7-13-23)33-28(31)14-8-9-15-29(31)34(27)30(35)24-16-17-32-25(20-24)18-22-10-4-2-5-11-22/h2-7,10-13,16-17,20,26-29,33H,8-9,14-15,18-19,21H2,1H3/t26-,27+,28-,29+,31-/m1/s1. The molecule has 5 atom stereocenters. The van der Waals surface area contributed by atoms with Crippen molar-refractivity contribution in [3.8, 4) is 0 Å². The second kappa shape index (κ2) is 9.23. The number of aromatic nitrogens is 1. The summed E-state index contributed by atoms with van der Waals surface area (Å²) in [6.07, 6.45) is 9.38. The van der Waals surface area contributed by atoms with E-state index in [1.165, 1.54) is 30.4 Å². The van der Waals surface area contributed by atoms with E-state index in [2.05, 4.69) is 76.7 Å². The van der Waals surface area contributed by atoms with E-state index in [9.17, 15) is 4.79 Å². The zero-order valence-corrected chi connectivity index (χ0v) is 20.6. The van der Waals surface area contributed by atoms with Crippen molar-refractivity contribution in [3.63, 3.8) is 0 Å². The van der Waals surface area contributed by atoms with E-state index in [-0.39, 0.29) is 23.4 Å². The van der Waals surface area contributed by atoms with Gasteiger partial charge < -0.3 is 10.2 Å². The molecule has 2 saturated heterocycles. The summed E-state index contributed by atoms with van der Waals surface area (Å²) in [5, 5.41) is 4.05. The second-order valence-electron chi connectivity index (χ2n) is 11.0. The predicted molar refractivity (Wildman–Crippen MR) is 139 cm³/mol. The SMILES string of the molecule is C[C@@]12C[C@H]3[C@@H](Cc4ccccc4)N[C@@H]1CCCC[C@@H]2N3C(=O)c1ccnc(Cc2ccccc2)c1. The summed E-state index contributed by atoms with van der Waals surface area (Å²) in [6, 6.07) is 26.3. The Balaban J connectivity index is 1.32. The molecule has 2 bridgehead atoms. The van der Waals surface area contributed by atoms with Crippen molar-refractivity contribution in [1.29, 1.82) is 0 Å². The molecule has 0 unspecified atom stereocenters. The molecule has 1 saturated carbocycles. The van der Waals surface area contributed by atoms with Gasteiger partial charge in [-0.1, -0.05) is 80.4 Å². The maximum atomic E-state index is 14.2. The van der Waals surface area contributed by atoms with E-state index in [1.54, 1.807) is 0 Å². The summed E-state index contributed by atoms with van der Waals surface area (Å²) < 4.78 is 0. The number of nitrogens with zero attached hydrogens (tertiary/aromatic N) is 2. The third-order valence-electron chi connectivity index (χ3n) is 8.82. The Morgan fingerprint density at radius 1 is 1.00 bits per heavy atom. The highest BCUT2D eigenvalue weighted by Gasteiger charge is 2.60. The van der Waals surface area contributed by atoms with Gasteiger partial charge in [-0.3, -0.25) is 9.78 Å². The summed E-state index contributed by atoms with van der Waals surface area (Å²) in [5.74, 6) is 0.183. The number of piperidine rings is 1. The summed E-state index contributed by atoms with van der Waals surface area (Å²) >= 11 is 0. The summed E-state index contributed by atoms with van der Waals surface area (Å²) in [6.45, 7) is 2.44. The first kappa shape index (κ1) is 22.5. The van der Waals surface area contributed by atoms with Gasteiger partial charge in [-0.05, 0) is 48.9 Å². The normalized spacial score (nSPS) is 29.6. The number of carbonyl (C=O) groups excluding carboxylic acids is 1. The minimum Gasteiger partial charge on any atom is -0.330 e. The predicted octanol–water partition coefficient (Wildman–Crippen LogP) is 5.42. The third kappa shape index (κ3) is 4.18. The molecule has 0 spiro atoms. The molecule has 1 aliphatic carbocycles. The molecule has 3 heterocycles. The summed E-state index contributed by atoms with van der Waals surface area (Å²) in [5.41, 5.74) is 4.43. The number of likely N-dealkylation sites (tertiary alicyclic amines) is 1. The van der Waals surface area contributed by atoms with Crippen molar-refractivity contribution in [3.05, 3.63) is 101 Å². The highest BCUT2D eigenvalue weighted by atomic mass is 16.2. The van der Waals surface area contributed by atoms with Crippen LogP contribution in [0.4, 0.5) is 0 Å². The Bertz CT molecular complexity index is 1180. The maximum Gasteiger partial charge on any atom is 0.254 e. The van der Waals surface area contributed by atoms with Crippen LogP contribution in [0.2, 0.25) is 0 Å². The van der Waals surface area contributed by atoms with Crippen LogP contribution in [0.25, 0.3) is 0 Å². The lowest BCUT2D eigenvalue weighted by atomic mass is 9.70. The minimum atomic E-state index is 0.143. The van der Waals surface area contributed by atoms with Crippen LogP contribution in [0, 0.1) is 5.41 Å². The van der Waals surface area contributed by atoms with Gasteiger partial charge in [0.25, 0.3) is 5.91 Å². The van der Waals surface area contributed by atoms with E-state index in [0.717, 1.165) is 36.9 Å². The number of pyridine rings is 1. The minimum absolute atomic E-state index is 0.143. The van der Waals surface area contributed by atoms with Crippen molar-refractivity contribution in [1.82, 2.24) is 15.2 Å². The second-order valence-corrected chi connectivity index (χ2v) is 11.0. The molecule has 3 aromatic rings. The number of amides is 1. The fourth-order valence-corrected chi connectivity index (χ4v) is 7.09. The monoisotopic (exact) mass is 465 g/mol. The number of carbonyl (C=O) groups is 1. The van der Waals surface area contributed by atoms with Gasteiger partial charge in [0.05, 0.1) is 0 Å². The van der Waals surface area contributed by atoms with Crippen molar-refractivity contribution in [2.24, 2.45) is 5.41 Å². The number of fused-ring (bicyclic) bond motifs is 1. The third-order valence-corrected chi connectivity index (χ3v) is 8.82. The molecule has 6 rings (SSSR count). The average molecular weight is 466 g/mol. The lowest BCUT2D eigenvalue weighted by Crippen LogP contribution is -2.57. The molecular formula is C31H35N3O. The molecule has 1 N–H and O–H groups in total. The van der Waals surface area contributed by atoms with Crippen LogP contribution in [0.3, 0.4) is 0 Å². The van der Waals surface area contributed by atoms with E-state index in [0.29, 0.717) is 12.1 Å². The van der Waals surface area contributed by atoms with Crippen LogP contribution in [0.15, 0.2) is 79.0 Å². The van der Waals surface area contributed by atoms with Crippen LogP contribution in [-0.2, 0) is 12.8 Å². The largest absolute Gasteiger partial charge is 0.330 e. The molecule has 180 valence electrons. The van der Waals surface area contributed by atoms with Gasteiger partial charge in [0.15, 0.2) is 0 Å². The van der Waals surface area contributed by atoms with Gasteiger partial charge in [-0.2, -0.15) is 0 Å². The molecule has 2 aliphatic heterocycles. The molecule has 2 aromatic carbocycles. The molecule has 1 amide bonds. The molecule has 3 aliphatic rings. The Hall–Kier alpha value is -2.98. The number of benzene rings is 2. The molecule has 1 aromatic heterocycles. The average Bonchev–Trinajstić information content (AvgIpc) is 3.03. The number of rotatable bonds is 5. The fourth-order valence-electron chi connectivity index (χ4n) is 7.09. The first-order valence-electron chi connectivity index (χ1n) is 13.2. The van der Waals surface area contributed by atoms with E-state index in [1.807, 2.05) is 24.4 Å². The lowest BCUT2D eigenvalue weighted by Gasteiger charge is -2.43. The molecular weight excluding hydrogens is 430 g/mol. The van der Waals surface area contributed by atoms with Crippen molar-refractivity contribution in [2.75, 3.05) is 0 Å². The van der Waals surface area contributed by atoms with Gasteiger partial charge in [-0.25, -0.2) is 0 Å². The Morgan fingerprint density at radius 3 is 2.49 bits per heavy atom. The Labute approximate surface area is 208 Å². The van der Waals surface area contributed by atoms with Crippen molar-refractivity contribution >= 4 is 5.91 Å². The van der Waals surface area contributed by atoms with Crippen LogP contribution in [0.5, 0.6) is 0 Å². The zero-order valence-electron chi connectivity index (χ0n) is 20.6. The number of nitrogens with one attached hydrogen (secondary N) is 1. The van der Waals surface area contributed by atoms with Gasteiger partial charge in [0.1, 0.15) is 0 Å². The maximum absolute atomic E-state index is 14.2. The summed E-state index contributed by atoms with van der Waals surface area (Å²) in [4.78, 5) is 21.1. The topological polar surface area (TPSA) is 45.2 Å². The van der Waals surface area contributed by atoms with Gasteiger partial charge >= 0.3 is 0 Å². The van der Waals surface area contributed by atoms with E-state index >= 15 is 0 Å². The Morgan fingerprint density at radius 2 is 1.71 bits per heavy atom. The van der Waals surface area contributed by atoms with E-state index in [4.69, 9.17) is 0 Å². The van der Waals surface area contributed by atoms with Crippen LogP contribution in [-0.4, -0.2) is 40.0 Å². The number of hydrogen-bond acceptors (Lipinski definition) is 3. The van der Waals surface area contributed by atoms with Crippen LogP contribution >= 0.6 is 0 Å². The zero-order chi connectivity index (χ0) is 23.8. The lowest BCUT2D eigenvalue weighted by molar-refractivity contribution is 0.0612. The number of hydrogen-bond donors (Lipinski definition) is 1. The van der Waals surface area contributed by atoms with E-state index < -0.39 is 0 Å². The van der Waals surface area contributed by atoms with Gasteiger partial charge in [-0.15, -0.1) is 0 Å². The molecule has 3 fully saturated rings. The highest BCUT2D eigenvalue weighted by Crippen LogP contribution is 2.52. The molecule has 4 heteroatoms.